The number of aromatic nitrogens is 3. The lowest BCUT2D eigenvalue weighted by Gasteiger charge is -2.26. The zero-order valence-corrected chi connectivity index (χ0v) is 14.3. The number of anilines is 1. The van der Waals surface area contributed by atoms with Crippen molar-refractivity contribution in [3.63, 3.8) is 0 Å². The third kappa shape index (κ3) is 3.28. The van der Waals surface area contributed by atoms with Gasteiger partial charge >= 0.3 is 0 Å². The highest BCUT2D eigenvalue weighted by atomic mass is 16.2. The Bertz CT molecular complexity index is 959. The molecule has 0 aliphatic carbocycles. The predicted molar refractivity (Wildman–Crippen MR) is 97.1 cm³/mol. The van der Waals surface area contributed by atoms with Crippen LogP contribution in [0.15, 0.2) is 48.8 Å². The van der Waals surface area contributed by atoms with Crippen LogP contribution in [0, 0.1) is 0 Å². The number of nitrogens with zero attached hydrogens (tertiary/aromatic N) is 4. The average Bonchev–Trinajstić information content (AvgIpc) is 3.16. The normalized spacial score (nSPS) is 14.4. The van der Waals surface area contributed by atoms with E-state index >= 15 is 0 Å². The van der Waals surface area contributed by atoms with Gasteiger partial charge in [-0.1, -0.05) is 6.07 Å². The molecule has 0 radical (unpaired) electrons. The second-order valence-corrected chi connectivity index (χ2v) is 6.33. The third-order valence-corrected chi connectivity index (χ3v) is 4.51. The van der Waals surface area contributed by atoms with E-state index in [1.165, 1.54) is 6.42 Å². The number of carbonyl (C=O) groups excluding carboxylic acids is 2. The van der Waals surface area contributed by atoms with E-state index in [1.807, 2.05) is 4.90 Å². The summed E-state index contributed by atoms with van der Waals surface area (Å²) < 4.78 is 1.62. The molecule has 1 fully saturated rings. The molecule has 7 nitrogen and oxygen atoms in total. The Morgan fingerprint density at radius 3 is 2.65 bits per heavy atom. The summed E-state index contributed by atoms with van der Waals surface area (Å²) in [4.78, 5) is 31.3. The van der Waals surface area contributed by atoms with Crippen LogP contribution >= 0.6 is 0 Å². The van der Waals surface area contributed by atoms with E-state index in [4.69, 9.17) is 0 Å². The number of rotatable bonds is 3. The highest BCUT2D eigenvalue weighted by molar-refractivity contribution is 6.05. The number of nitrogens with one attached hydrogen (secondary N) is 1. The van der Waals surface area contributed by atoms with E-state index in [9.17, 15) is 9.59 Å². The van der Waals surface area contributed by atoms with E-state index in [1.54, 1.807) is 53.3 Å². The molecule has 132 valence electrons. The zero-order valence-electron chi connectivity index (χ0n) is 14.3. The first-order valence-electron chi connectivity index (χ1n) is 8.72. The molecule has 3 aromatic rings. The molecule has 0 saturated carbocycles. The van der Waals surface area contributed by atoms with Crippen LogP contribution in [0.2, 0.25) is 0 Å². The van der Waals surface area contributed by atoms with Gasteiger partial charge in [-0.05, 0) is 43.5 Å². The van der Waals surface area contributed by atoms with E-state index in [2.05, 4.69) is 15.4 Å². The van der Waals surface area contributed by atoms with Crippen LogP contribution in [0.25, 0.3) is 5.65 Å². The van der Waals surface area contributed by atoms with E-state index < -0.39 is 0 Å². The second-order valence-electron chi connectivity index (χ2n) is 6.33. The van der Waals surface area contributed by atoms with Gasteiger partial charge in [0.25, 0.3) is 11.8 Å². The monoisotopic (exact) mass is 349 g/mol. The predicted octanol–water partition coefficient (Wildman–Crippen LogP) is 2.61. The van der Waals surface area contributed by atoms with Gasteiger partial charge in [0.15, 0.2) is 5.65 Å². The van der Waals surface area contributed by atoms with Crippen LogP contribution in [0.1, 0.15) is 40.0 Å². The molecular formula is C19H19N5O2. The van der Waals surface area contributed by atoms with Crippen LogP contribution in [-0.4, -0.2) is 44.4 Å². The highest BCUT2D eigenvalue weighted by Crippen LogP contribution is 2.15. The van der Waals surface area contributed by atoms with Gasteiger partial charge in [-0.3, -0.25) is 9.59 Å². The summed E-state index contributed by atoms with van der Waals surface area (Å²) in [5.74, 6) is 0.128. The summed E-state index contributed by atoms with van der Waals surface area (Å²) >= 11 is 0. The molecule has 26 heavy (non-hydrogen) atoms. The number of hydrogen-bond donors (Lipinski definition) is 1. The van der Waals surface area contributed by atoms with Crippen molar-refractivity contribution in [2.24, 2.45) is 0 Å². The summed E-state index contributed by atoms with van der Waals surface area (Å²) in [5, 5.41) is 6.84. The first-order valence-corrected chi connectivity index (χ1v) is 8.72. The molecule has 1 N–H and O–H groups in total. The van der Waals surface area contributed by atoms with Crippen molar-refractivity contribution < 1.29 is 9.59 Å². The minimum absolute atomic E-state index is 0.0156. The number of amides is 2. The maximum Gasteiger partial charge on any atom is 0.256 e. The number of carbonyl (C=O) groups is 2. The summed E-state index contributed by atoms with van der Waals surface area (Å²) in [7, 11) is 0. The molecule has 7 heteroatoms. The lowest BCUT2D eigenvalue weighted by molar-refractivity contribution is 0.0724. The number of fused-ring (bicyclic) bond motifs is 1. The van der Waals surface area contributed by atoms with E-state index in [0.717, 1.165) is 25.9 Å². The lowest BCUT2D eigenvalue weighted by Crippen LogP contribution is -2.35. The molecule has 1 aliphatic rings. The highest BCUT2D eigenvalue weighted by Gasteiger charge is 2.19. The molecule has 4 rings (SSSR count). The fourth-order valence-corrected chi connectivity index (χ4v) is 3.14. The van der Waals surface area contributed by atoms with Crippen LogP contribution < -0.4 is 5.32 Å². The minimum Gasteiger partial charge on any atom is -0.339 e. The maximum absolute atomic E-state index is 12.6. The summed E-state index contributed by atoms with van der Waals surface area (Å²) in [6.45, 7) is 1.56. The van der Waals surface area contributed by atoms with Gasteiger partial charge in [0.05, 0.1) is 6.20 Å². The first kappa shape index (κ1) is 16.3. The zero-order chi connectivity index (χ0) is 17.9. The minimum atomic E-state index is -0.297. The summed E-state index contributed by atoms with van der Waals surface area (Å²) in [5.41, 5.74) is 1.62. The first-order chi connectivity index (χ1) is 12.7. The van der Waals surface area contributed by atoms with Crippen LogP contribution in [0.4, 0.5) is 5.82 Å². The largest absolute Gasteiger partial charge is 0.339 e. The molecule has 2 aromatic heterocycles. The Morgan fingerprint density at radius 2 is 1.81 bits per heavy atom. The molecule has 1 aromatic carbocycles. The van der Waals surface area contributed by atoms with Gasteiger partial charge in [-0.15, -0.1) is 0 Å². The third-order valence-electron chi connectivity index (χ3n) is 4.51. The molecule has 0 unspecified atom stereocenters. The Morgan fingerprint density at radius 1 is 1.00 bits per heavy atom. The van der Waals surface area contributed by atoms with Crippen molar-refractivity contribution in [1.82, 2.24) is 19.5 Å². The Labute approximate surface area is 150 Å². The van der Waals surface area contributed by atoms with Crippen molar-refractivity contribution in [2.75, 3.05) is 18.4 Å². The van der Waals surface area contributed by atoms with Gasteiger partial charge in [-0.2, -0.15) is 5.10 Å². The molecule has 0 spiro atoms. The fourth-order valence-electron chi connectivity index (χ4n) is 3.14. The number of hydrogen-bond acceptors (Lipinski definition) is 4. The quantitative estimate of drug-likeness (QED) is 0.788. The van der Waals surface area contributed by atoms with Gasteiger partial charge in [0.2, 0.25) is 0 Å². The Kier molecular flexibility index (Phi) is 4.35. The van der Waals surface area contributed by atoms with Gasteiger partial charge < -0.3 is 10.2 Å². The van der Waals surface area contributed by atoms with Crippen molar-refractivity contribution >= 4 is 23.3 Å². The topological polar surface area (TPSA) is 79.6 Å². The average molecular weight is 349 g/mol. The van der Waals surface area contributed by atoms with Crippen LogP contribution in [-0.2, 0) is 0 Å². The maximum atomic E-state index is 12.6. The van der Waals surface area contributed by atoms with Crippen LogP contribution in [0.5, 0.6) is 0 Å². The smallest absolute Gasteiger partial charge is 0.256 e. The molecular weight excluding hydrogens is 330 g/mol. The van der Waals surface area contributed by atoms with E-state index in [-0.39, 0.29) is 11.8 Å². The van der Waals surface area contributed by atoms with Gasteiger partial charge in [0.1, 0.15) is 5.82 Å². The number of likely N-dealkylation sites (tertiary alicyclic amines) is 1. The summed E-state index contributed by atoms with van der Waals surface area (Å²) in [6, 6.07) is 10.3. The van der Waals surface area contributed by atoms with Crippen LogP contribution in [0.3, 0.4) is 0 Å². The fraction of sp³-hybridized carbons (Fsp3) is 0.263. The van der Waals surface area contributed by atoms with Crippen molar-refractivity contribution in [3.8, 4) is 0 Å². The molecule has 1 aliphatic heterocycles. The van der Waals surface area contributed by atoms with Crippen molar-refractivity contribution in [1.29, 1.82) is 0 Å². The molecule has 0 bridgehead atoms. The number of benzene rings is 1. The standard InChI is InChI=1S/C19H19N5O2/c25-18(22-16-8-12-24-17(21-16)7-9-20-24)14-5-4-6-15(13-14)19(26)23-10-2-1-3-11-23/h4-9,12-13H,1-3,10-11H2,(H,21,22,25). The SMILES string of the molecule is O=C(Nc1ccn2nccc2n1)c1cccc(C(=O)N2CCCCC2)c1. The van der Waals surface area contributed by atoms with E-state index in [0.29, 0.717) is 22.6 Å². The molecule has 0 atom stereocenters. The number of piperidine rings is 1. The molecule has 1 saturated heterocycles. The van der Waals surface area contributed by atoms with Crippen molar-refractivity contribution in [3.05, 3.63) is 59.9 Å². The Balaban J connectivity index is 1.51. The summed E-state index contributed by atoms with van der Waals surface area (Å²) in [6.07, 6.45) is 6.61. The van der Waals surface area contributed by atoms with Gasteiger partial charge in [-0.25, -0.2) is 9.50 Å². The van der Waals surface area contributed by atoms with Gasteiger partial charge in [0, 0.05) is 36.5 Å². The molecule has 2 amide bonds. The molecule has 3 heterocycles. The lowest BCUT2D eigenvalue weighted by atomic mass is 10.1. The second kappa shape index (κ2) is 6.95. The van der Waals surface area contributed by atoms with Crippen molar-refractivity contribution in [2.45, 2.75) is 19.3 Å². The Hall–Kier alpha value is -3.22.